The molecule has 0 bridgehead atoms. The van der Waals surface area contributed by atoms with Crippen LogP contribution in [0, 0.1) is 0 Å². The summed E-state index contributed by atoms with van der Waals surface area (Å²) in [6.45, 7) is 8.65. The van der Waals surface area contributed by atoms with Gasteiger partial charge in [0, 0.05) is 18.0 Å². The van der Waals surface area contributed by atoms with Gasteiger partial charge in [-0.2, -0.15) is 0 Å². The molecule has 1 rings (SSSR count). The lowest BCUT2D eigenvalue weighted by Gasteiger charge is -2.19. The Morgan fingerprint density at radius 2 is 2.00 bits per heavy atom. The highest BCUT2D eigenvalue weighted by Crippen LogP contribution is 2.13. The first-order chi connectivity index (χ1) is 7.18. The summed E-state index contributed by atoms with van der Waals surface area (Å²) in [5.74, 6) is 0. The predicted octanol–water partition coefficient (Wildman–Crippen LogP) is 2.86. The number of nitrogens with two attached hydrogens (primary N) is 1. The molecule has 1 heterocycles. The van der Waals surface area contributed by atoms with Gasteiger partial charge in [0.2, 0.25) is 0 Å². The van der Waals surface area contributed by atoms with Crippen molar-refractivity contribution in [3.8, 4) is 0 Å². The first-order valence-corrected chi connectivity index (χ1v) is 5.78. The minimum Gasteiger partial charge on any atom is -0.402 e. The normalized spacial score (nSPS) is 23.1. The zero-order valence-electron chi connectivity index (χ0n) is 10.4. The van der Waals surface area contributed by atoms with Crippen LogP contribution in [0.4, 0.5) is 0 Å². The number of hydrogen-bond acceptors (Lipinski definition) is 3. The summed E-state index contributed by atoms with van der Waals surface area (Å²) in [6.07, 6.45) is 5.35. The average Bonchev–Trinajstić information content (AvgIpc) is 2.21. The van der Waals surface area contributed by atoms with Crippen LogP contribution in [0.1, 0.15) is 47.0 Å². The van der Waals surface area contributed by atoms with Gasteiger partial charge in [-0.3, -0.25) is 4.99 Å². The SMILES string of the molecule is C/C(N)=C/C(C)=N/C1CCCCO1.CC. The topological polar surface area (TPSA) is 47.6 Å². The third-order valence-corrected chi connectivity index (χ3v) is 1.94. The Balaban J connectivity index is 0.000000921. The summed E-state index contributed by atoms with van der Waals surface area (Å²) >= 11 is 0. The van der Waals surface area contributed by atoms with E-state index in [0.717, 1.165) is 30.9 Å². The molecule has 1 fully saturated rings. The first-order valence-electron chi connectivity index (χ1n) is 5.78. The van der Waals surface area contributed by atoms with E-state index in [0.29, 0.717) is 0 Å². The molecule has 0 saturated carbocycles. The fraction of sp³-hybridized carbons (Fsp3) is 0.750. The molecule has 15 heavy (non-hydrogen) atoms. The van der Waals surface area contributed by atoms with Crippen molar-refractivity contribution < 1.29 is 4.74 Å². The molecule has 0 aromatic rings. The lowest BCUT2D eigenvalue weighted by molar-refractivity contribution is 0.0224. The monoisotopic (exact) mass is 212 g/mol. The quantitative estimate of drug-likeness (QED) is 0.715. The van der Waals surface area contributed by atoms with Crippen molar-refractivity contribution in [2.45, 2.75) is 53.2 Å². The van der Waals surface area contributed by atoms with Crippen LogP contribution in [0.5, 0.6) is 0 Å². The Morgan fingerprint density at radius 3 is 2.47 bits per heavy atom. The molecule has 3 nitrogen and oxygen atoms in total. The summed E-state index contributed by atoms with van der Waals surface area (Å²) in [4.78, 5) is 4.41. The zero-order chi connectivity index (χ0) is 11.7. The van der Waals surface area contributed by atoms with Gasteiger partial charge >= 0.3 is 0 Å². The zero-order valence-corrected chi connectivity index (χ0v) is 10.4. The van der Waals surface area contributed by atoms with Crippen LogP contribution in [0.2, 0.25) is 0 Å². The predicted molar refractivity (Wildman–Crippen MR) is 66.0 cm³/mol. The Bertz CT molecular complexity index is 212. The van der Waals surface area contributed by atoms with E-state index in [1.807, 2.05) is 33.8 Å². The first kappa shape index (κ1) is 14.2. The molecule has 1 aliphatic heterocycles. The van der Waals surface area contributed by atoms with Crippen LogP contribution < -0.4 is 5.73 Å². The molecule has 0 amide bonds. The average molecular weight is 212 g/mol. The second kappa shape index (κ2) is 8.48. The molecule has 0 radical (unpaired) electrons. The number of hydrogen-bond donors (Lipinski definition) is 1. The van der Waals surface area contributed by atoms with Gasteiger partial charge in [0.1, 0.15) is 6.23 Å². The molecule has 2 N–H and O–H groups in total. The molecule has 0 aromatic heterocycles. The number of aliphatic imine (C=N–C) groups is 1. The van der Waals surface area contributed by atoms with E-state index < -0.39 is 0 Å². The van der Waals surface area contributed by atoms with Crippen molar-refractivity contribution in [2.75, 3.05) is 6.61 Å². The largest absolute Gasteiger partial charge is 0.402 e. The Morgan fingerprint density at radius 1 is 1.33 bits per heavy atom. The number of ether oxygens (including phenoxy) is 1. The maximum Gasteiger partial charge on any atom is 0.148 e. The van der Waals surface area contributed by atoms with E-state index in [-0.39, 0.29) is 6.23 Å². The summed E-state index contributed by atoms with van der Waals surface area (Å²) in [5, 5.41) is 0. The lowest BCUT2D eigenvalue weighted by Crippen LogP contribution is -2.17. The Labute approximate surface area is 93.4 Å². The van der Waals surface area contributed by atoms with Gasteiger partial charge in [-0.25, -0.2) is 0 Å². The molecule has 0 aromatic carbocycles. The van der Waals surface area contributed by atoms with Crippen molar-refractivity contribution in [3.05, 3.63) is 11.8 Å². The smallest absolute Gasteiger partial charge is 0.148 e. The lowest BCUT2D eigenvalue weighted by atomic mass is 10.2. The molecule has 1 aliphatic rings. The van der Waals surface area contributed by atoms with E-state index in [9.17, 15) is 0 Å². The van der Waals surface area contributed by atoms with Gasteiger partial charge in [-0.1, -0.05) is 13.8 Å². The van der Waals surface area contributed by atoms with Gasteiger partial charge in [0.25, 0.3) is 0 Å². The Hall–Kier alpha value is -0.830. The van der Waals surface area contributed by atoms with Crippen LogP contribution in [-0.2, 0) is 4.74 Å². The van der Waals surface area contributed by atoms with E-state index >= 15 is 0 Å². The maximum absolute atomic E-state index is 5.54. The van der Waals surface area contributed by atoms with Crippen molar-refractivity contribution in [2.24, 2.45) is 10.7 Å². The highest BCUT2D eigenvalue weighted by Gasteiger charge is 2.11. The molecule has 88 valence electrons. The van der Waals surface area contributed by atoms with Crippen LogP contribution in [0.3, 0.4) is 0 Å². The third kappa shape index (κ3) is 7.14. The highest BCUT2D eigenvalue weighted by molar-refractivity contribution is 5.93. The fourth-order valence-electron chi connectivity index (χ4n) is 1.42. The summed E-state index contributed by atoms with van der Waals surface area (Å²) in [6, 6.07) is 0. The number of allylic oxidation sites excluding steroid dienone is 2. The van der Waals surface area contributed by atoms with Crippen molar-refractivity contribution >= 4 is 5.71 Å². The van der Waals surface area contributed by atoms with E-state index in [1.165, 1.54) is 6.42 Å². The molecule has 1 atom stereocenters. The van der Waals surface area contributed by atoms with Crippen molar-refractivity contribution in [3.63, 3.8) is 0 Å². The van der Waals surface area contributed by atoms with E-state index in [1.54, 1.807) is 0 Å². The molecule has 0 aliphatic carbocycles. The van der Waals surface area contributed by atoms with Gasteiger partial charge in [0.15, 0.2) is 0 Å². The summed E-state index contributed by atoms with van der Waals surface area (Å²) < 4.78 is 5.47. The number of nitrogens with zero attached hydrogens (tertiary/aromatic N) is 1. The molecular formula is C12H24N2O. The van der Waals surface area contributed by atoms with Gasteiger partial charge in [0.05, 0.1) is 0 Å². The standard InChI is InChI=1S/C10H18N2O.C2H6/c1-8(11)7-9(2)12-10-5-3-4-6-13-10;1-2/h7,10H,3-6,11H2,1-2H3;1-2H3/b8-7-,12-9+;. The molecule has 1 unspecified atom stereocenters. The summed E-state index contributed by atoms with van der Waals surface area (Å²) in [5.41, 5.74) is 7.28. The molecule has 3 heteroatoms. The van der Waals surface area contributed by atoms with Crippen molar-refractivity contribution in [1.29, 1.82) is 0 Å². The molecular weight excluding hydrogens is 188 g/mol. The van der Waals surface area contributed by atoms with Gasteiger partial charge in [-0.15, -0.1) is 0 Å². The summed E-state index contributed by atoms with van der Waals surface area (Å²) in [7, 11) is 0. The van der Waals surface area contributed by atoms with E-state index in [2.05, 4.69) is 4.99 Å². The van der Waals surface area contributed by atoms with Crippen molar-refractivity contribution in [1.82, 2.24) is 0 Å². The second-order valence-corrected chi connectivity index (χ2v) is 3.48. The minimum absolute atomic E-state index is 0.0596. The van der Waals surface area contributed by atoms with E-state index in [4.69, 9.17) is 10.5 Å². The fourth-order valence-corrected chi connectivity index (χ4v) is 1.42. The van der Waals surface area contributed by atoms with Gasteiger partial charge < -0.3 is 10.5 Å². The Kier molecular flexibility index (Phi) is 8.01. The van der Waals surface area contributed by atoms with Crippen LogP contribution >= 0.6 is 0 Å². The molecule has 1 saturated heterocycles. The van der Waals surface area contributed by atoms with Crippen LogP contribution in [0.15, 0.2) is 16.8 Å². The molecule has 0 spiro atoms. The van der Waals surface area contributed by atoms with Crippen LogP contribution in [0.25, 0.3) is 0 Å². The minimum atomic E-state index is 0.0596. The highest BCUT2D eigenvalue weighted by atomic mass is 16.5. The van der Waals surface area contributed by atoms with Crippen LogP contribution in [-0.4, -0.2) is 18.5 Å². The number of rotatable bonds is 2. The maximum atomic E-state index is 5.54. The second-order valence-electron chi connectivity index (χ2n) is 3.48. The van der Waals surface area contributed by atoms with Gasteiger partial charge in [-0.05, 0) is 39.2 Å². The third-order valence-electron chi connectivity index (χ3n) is 1.94.